The van der Waals surface area contributed by atoms with Crippen molar-refractivity contribution in [2.45, 2.75) is 59.1 Å². The zero-order chi connectivity index (χ0) is 13.5. The summed E-state index contributed by atoms with van der Waals surface area (Å²) in [5.74, 6) is 1.53. The van der Waals surface area contributed by atoms with E-state index in [9.17, 15) is 0 Å². The first kappa shape index (κ1) is 15.0. The molecule has 0 heterocycles. The molecule has 0 aliphatic rings. The van der Waals surface area contributed by atoms with E-state index in [2.05, 4.69) is 58.1 Å². The number of hydrogen-bond acceptors (Lipinski definition) is 2. The van der Waals surface area contributed by atoms with Crippen LogP contribution in [0.3, 0.4) is 0 Å². The molecule has 1 aromatic rings. The predicted octanol–water partition coefficient (Wildman–Crippen LogP) is 3.97. The Hall–Kier alpha value is -1.02. The molecule has 1 N–H and O–H groups in total. The Bertz CT molecular complexity index is 347. The van der Waals surface area contributed by atoms with Crippen LogP contribution >= 0.6 is 0 Å². The molecule has 1 aromatic carbocycles. The molecule has 2 heteroatoms. The predicted molar refractivity (Wildman–Crippen MR) is 78.4 cm³/mol. The Morgan fingerprint density at radius 3 is 2.33 bits per heavy atom. The number of para-hydroxylation sites is 1. The molecule has 0 fully saturated rings. The monoisotopic (exact) mass is 249 g/mol. The normalized spacial score (nSPS) is 13.1. The molecule has 1 rings (SSSR count). The molecule has 0 spiro atoms. The lowest BCUT2D eigenvalue weighted by Crippen LogP contribution is -2.27. The first-order valence-corrected chi connectivity index (χ1v) is 6.99. The largest absolute Gasteiger partial charge is 0.490 e. The standard InChI is InChI=1S/C16H27NO/c1-12(2)15-8-6-7-9-16(15)18-14(5)10-11-17-13(3)4/h6-9,12-14,17H,10-11H2,1-5H3. The van der Waals surface area contributed by atoms with Gasteiger partial charge in [0.05, 0.1) is 6.10 Å². The van der Waals surface area contributed by atoms with E-state index in [0.717, 1.165) is 18.7 Å². The molecule has 0 radical (unpaired) electrons. The average molecular weight is 249 g/mol. The Balaban J connectivity index is 2.51. The zero-order valence-corrected chi connectivity index (χ0v) is 12.4. The minimum Gasteiger partial charge on any atom is -0.490 e. The summed E-state index contributed by atoms with van der Waals surface area (Å²) in [4.78, 5) is 0. The molecule has 0 aliphatic heterocycles. The molecule has 1 atom stereocenters. The van der Waals surface area contributed by atoms with Gasteiger partial charge in [0.2, 0.25) is 0 Å². The summed E-state index contributed by atoms with van der Waals surface area (Å²) in [6.45, 7) is 11.9. The number of ether oxygens (including phenoxy) is 1. The van der Waals surface area contributed by atoms with Gasteiger partial charge in [-0.3, -0.25) is 0 Å². The van der Waals surface area contributed by atoms with Gasteiger partial charge in [0.25, 0.3) is 0 Å². The molecule has 0 amide bonds. The molecule has 102 valence electrons. The van der Waals surface area contributed by atoms with E-state index in [1.165, 1.54) is 5.56 Å². The zero-order valence-electron chi connectivity index (χ0n) is 12.4. The second-order valence-electron chi connectivity index (χ2n) is 5.52. The summed E-state index contributed by atoms with van der Waals surface area (Å²) in [5.41, 5.74) is 1.29. The third-order valence-electron chi connectivity index (χ3n) is 2.97. The molecule has 2 nitrogen and oxygen atoms in total. The van der Waals surface area contributed by atoms with Crippen LogP contribution in [-0.4, -0.2) is 18.7 Å². The molecule has 0 saturated heterocycles. The molecule has 0 bridgehead atoms. The maximum Gasteiger partial charge on any atom is 0.123 e. The van der Waals surface area contributed by atoms with E-state index in [-0.39, 0.29) is 6.10 Å². The fourth-order valence-corrected chi connectivity index (χ4v) is 1.92. The first-order chi connectivity index (χ1) is 8.50. The van der Waals surface area contributed by atoms with Crippen LogP contribution in [0.25, 0.3) is 0 Å². The van der Waals surface area contributed by atoms with Gasteiger partial charge in [0, 0.05) is 6.04 Å². The van der Waals surface area contributed by atoms with Crippen molar-refractivity contribution >= 4 is 0 Å². The van der Waals surface area contributed by atoms with Gasteiger partial charge >= 0.3 is 0 Å². The highest BCUT2D eigenvalue weighted by molar-refractivity contribution is 5.35. The van der Waals surface area contributed by atoms with Gasteiger partial charge in [-0.05, 0) is 37.4 Å². The van der Waals surface area contributed by atoms with Gasteiger partial charge in [-0.25, -0.2) is 0 Å². The van der Waals surface area contributed by atoms with E-state index in [1.54, 1.807) is 0 Å². The highest BCUT2D eigenvalue weighted by Crippen LogP contribution is 2.26. The van der Waals surface area contributed by atoms with Crippen LogP contribution in [0, 0.1) is 0 Å². The highest BCUT2D eigenvalue weighted by Gasteiger charge is 2.10. The van der Waals surface area contributed by atoms with Crippen LogP contribution in [-0.2, 0) is 0 Å². The third kappa shape index (κ3) is 5.09. The van der Waals surface area contributed by atoms with Crippen LogP contribution in [0.15, 0.2) is 24.3 Å². The summed E-state index contributed by atoms with van der Waals surface area (Å²) in [6.07, 6.45) is 1.28. The van der Waals surface area contributed by atoms with Gasteiger partial charge in [-0.15, -0.1) is 0 Å². The lowest BCUT2D eigenvalue weighted by atomic mass is 10.0. The van der Waals surface area contributed by atoms with Crippen molar-refractivity contribution in [1.29, 1.82) is 0 Å². The lowest BCUT2D eigenvalue weighted by molar-refractivity contribution is 0.206. The van der Waals surface area contributed by atoms with Crippen molar-refractivity contribution in [2.75, 3.05) is 6.54 Å². The topological polar surface area (TPSA) is 21.3 Å². The fourth-order valence-electron chi connectivity index (χ4n) is 1.92. The summed E-state index contributed by atoms with van der Waals surface area (Å²) in [6, 6.07) is 8.88. The van der Waals surface area contributed by atoms with Crippen molar-refractivity contribution < 1.29 is 4.74 Å². The van der Waals surface area contributed by atoms with E-state index in [1.807, 2.05) is 6.07 Å². The third-order valence-corrected chi connectivity index (χ3v) is 2.97. The second kappa shape index (κ2) is 7.42. The quantitative estimate of drug-likeness (QED) is 0.789. The maximum absolute atomic E-state index is 6.05. The fraction of sp³-hybridized carbons (Fsp3) is 0.625. The van der Waals surface area contributed by atoms with Crippen LogP contribution in [0.4, 0.5) is 0 Å². The number of benzene rings is 1. The smallest absolute Gasteiger partial charge is 0.123 e. The Kier molecular flexibility index (Phi) is 6.20. The van der Waals surface area contributed by atoms with Crippen LogP contribution < -0.4 is 10.1 Å². The molecule has 0 aromatic heterocycles. The summed E-state index contributed by atoms with van der Waals surface area (Å²) in [7, 11) is 0. The van der Waals surface area contributed by atoms with E-state index in [0.29, 0.717) is 12.0 Å². The highest BCUT2D eigenvalue weighted by atomic mass is 16.5. The minimum absolute atomic E-state index is 0.246. The minimum atomic E-state index is 0.246. The number of nitrogens with one attached hydrogen (secondary N) is 1. The summed E-state index contributed by atoms with van der Waals surface area (Å²) < 4.78 is 6.05. The molecular weight excluding hydrogens is 222 g/mol. The number of hydrogen-bond donors (Lipinski definition) is 1. The van der Waals surface area contributed by atoms with Crippen molar-refractivity contribution in [3.63, 3.8) is 0 Å². The Morgan fingerprint density at radius 1 is 1.06 bits per heavy atom. The molecule has 0 saturated carbocycles. The summed E-state index contributed by atoms with van der Waals surface area (Å²) >= 11 is 0. The average Bonchev–Trinajstić information content (AvgIpc) is 2.28. The van der Waals surface area contributed by atoms with Crippen LogP contribution in [0.2, 0.25) is 0 Å². The molecule has 1 unspecified atom stereocenters. The van der Waals surface area contributed by atoms with Crippen LogP contribution in [0.5, 0.6) is 5.75 Å². The molecule has 18 heavy (non-hydrogen) atoms. The van der Waals surface area contributed by atoms with Crippen molar-refractivity contribution in [3.05, 3.63) is 29.8 Å². The van der Waals surface area contributed by atoms with Gasteiger partial charge in [0.1, 0.15) is 5.75 Å². The van der Waals surface area contributed by atoms with Gasteiger partial charge in [-0.2, -0.15) is 0 Å². The number of rotatable bonds is 7. The second-order valence-corrected chi connectivity index (χ2v) is 5.52. The Morgan fingerprint density at radius 2 is 1.72 bits per heavy atom. The molecular formula is C16H27NO. The van der Waals surface area contributed by atoms with E-state index >= 15 is 0 Å². The van der Waals surface area contributed by atoms with Crippen molar-refractivity contribution in [2.24, 2.45) is 0 Å². The Labute approximate surface area is 112 Å². The SMILES string of the molecule is CC(C)NCCC(C)Oc1ccccc1C(C)C. The van der Waals surface area contributed by atoms with Gasteiger partial charge < -0.3 is 10.1 Å². The van der Waals surface area contributed by atoms with Gasteiger partial charge in [-0.1, -0.05) is 45.9 Å². The maximum atomic E-state index is 6.05. The summed E-state index contributed by atoms with van der Waals surface area (Å²) in [5, 5.41) is 3.42. The lowest BCUT2D eigenvalue weighted by Gasteiger charge is -2.19. The van der Waals surface area contributed by atoms with E-state index in [4.69, 9.17) is 4.74 Å². The van der Waals surface area contributed by atoms with Crippen LogP contribution in [0.1, 0.15) is 52.5 Å². The first-order valence-electron chi connectivity index (χ1n) is 6.99. The molecule has 0 aliphatic carbocycles. The van der Waals surface area contributed by atoms with Crippen molar-refractivity contribution in [3.8, 4) is 5.75 Å². The van der Waals surface area contributed by atoms with Crippen molar-refractivity contribution in [1.82, 2.24) is 5.32 Å². The van der Waals surface area contributed by atoms with E-state index < -0.39 is 0 Å². The van der Waals surface area contributed by atoms with Gasteiger partial charge in [0.15, 0.2) is 0 Å².